The van der Waals surface area contributed by atoms with Crippen LogP contribution in [0.15, 0.2) is 52.3 Å². The van der Waals surface area contributed by atoms with Crippen LogP contribution in [0, 0.1) is 11.7 Å². The lowest BCUT2D eigenvalue weighted by atomic mass is 9.96. The van der Waals surface area contributed by atoms with Gasteiger partial charge in [0.15, 0.2) is 5.13 Å². The van der Waals surface area contributed by atoms with Crippen molar-refractivity contribution in [2.45, 2.75) is 22.6 Å². The summed E-state index contributed by atoms with van der Waals surface area (Å²) in [6, 6.07) is 12.0. The summed E-state index contributed by atoms with van der Waals surface area (Å²) >= 11 is 2.88. The van der Waals surface area contributed by atoms with Crippen molar-refractivity contribution in [2.75, 3.05) is 50.4 Å². The van der Waals surface area contributed by atoms with Gasteiger partial charge in [0.05, 0.1) is 9.60 Å². The van der Waals surface area contributed by atoms with Crippen LogP contribution in [0.4, 0.5) is 9.52 Å². The van der Waals surface area contributed by atoms with Crippen molar-refractivity contribution >= 4 is 54.4 Å². The van der Waals surface area contributed by atoms with Gasteiger partial charge in [-0.2, -0.15) is 4.31 Å². The highest BCUT2D eigenvalue weighted by Gasteiger charge is 2.35. The molecule has 2 aliphatic rings. The fourth-order valence-electron chi connectivity index (χ4n) is 4.73. The third-order valence-electron chi connectivity index (χ3n) is 6.71. The number of benzene rings is 2. The maximum atomic E-state index is 14.0. The summed E-state index contributed by atoms with van der Waals surface area (Å²) in [4.78, 5) is 22.7. The van der Waals surface area contributed by atoms with Crippen molar-refractivity contribution in [3.05, 3.63) is 48.3 Å². The number of halogens is 1. The summed E-state index contributed by atoms with van der Waals surface area (Å²) in [7, 11) is -3.58. The van der Waals surface area contributed by atoms with Gasteiger partial charge in [-0.3, -0.25) is 4.79 Å². The van der Waals surface area contributed by atoms with Crippen LogP contribution < -0.4 is 4.90 Å². The molecule has 2 saturated heterocycles. The van der Waals surface area contributed by atoms with Crippen LogP contribution in [0.2, 0.25) is 0 Å². The van der Waals surface area contributed by atoms with Crippen LogP contribution in [0.1, 0.15) is 12.8 Å². The fraction of sp³-hybridized carbons (Fsp3) is 0.417. The Hall–Kier alpha value is -2.21. The molecule has 1 amide bonds. The van der Waals surface area contributed by atoms with E-state index in [2.05, 4.69) is 9.88 Å². The van der Waals surface area contributed by atoms with Gasteiger partial charge in [-0.25, -0.2) is 17.8 Å². The van der Waals surface area contributed by atoms with Crippen molar-refractivity contribution in [3.8, 4) is 0 Å². The zero-order valence-electron chi connectivity index (χ0n) is 19.4. The largest absolute Gasteiger partial charge is 0.345 e. The Morgan fingerprint density at radius 1 is 1.03 bits per heavy atom. The van der Waals surface area contributed by atoms with Gasteiger partial charge in [-0.1, -0.05) is 29.5 Å². The first kappa shape index (κ1) is 24.5. The SMILES string of the molecule is CSc1ccccc1S(=O)(=O)N1CCC(C(=O)N2CCN(c3nc4c(F)cccc4s3)CC2)CC1. The molecule has 0 spiro atoms. The van der Waals surface area contributed by atoms with E-state index < -0.39 is 10.0 Å². The first-order chi connectivity index (χ1) is 16.9. The summed E-state index contributed by atoms with van der Waals surface area (Å²) in [5.41, 5.74) is 0.396. The Bertz CT molecular complexity index is 1330. The van der Waals surface area contributed by atoms with E-state index in [1.807, 2.05) is 29.4 Å². The van der Waals surface area contributed by atoms with Crippen molar-refractivity contribution < 1.29 is 17.6 Å². The number of aromatic nitrogens is 1. The minimum Gasteiger partial charge on any atom is -0.345 e. The molecule has 11 heteroatoms. The summed E-state index contributed by atoms with van der Waals surface area (Å²) in [5, 5.41) is 0.779. The number of rotatable bonds is 5. The summed E-state index contributed by atoms with van der Waals surface area (Å²) in [6.45, 7) is 3.14. The van der Waals surface area contributed by atoms with E-state index in [0.717, 1.165) is 14.7 Å². The lowest BCUT2D eigenvalue weighted by molar-refractivity contribution is -0.137. The molecule has 35 heavy (non-hydrogen) atoms. The van der Waals surface area contributed by atoms with Gasteiger partial charge in [0.25, 0.3) is 0 Å². The highest BCUT2D eigenvalue weighted by atomic mass is 32.2. The summed E-state index contributed by atoms with van der Waals surface area (Å²) in [5.74, 6) is -0.383. The number of hydrogen-bond donors (Lipinski definition) is 0. The van der Waals surface area contributed by atoms with E-state index in [-0.39, 0.29) is 17.6 Å². The molecular formula is C24H27FN4O3S3. The molecule has 0 unspecified atom stereocenters. The molecule has 2 fully saturated rings. The van der Waals surface area contributed by atoms with Crippen LogP contribution >= 0.6 is 23.1 Å². The van der Waals surface area contributed by atoms with E-state index in [9.17, 15) is 17.6 Å². The third kappa shape index (κ3) is 4.78. The Labute approximate surface area is 213 Å². The van der Waals surface area contributed by atoms with Gasteiger partial charge in [0.2, 0.25) is 15.9 Å². The molecule has 0 bridgehead atoms. The molecule has 0 N–H and O–H groups in total. The topological polar surface area (TPSA) is 73.8 Å². The highest BCUT2D eigenvalue weighted by Crippen LogP contribution is 2.32. The van der Waals surface area contributed by atoms with Crippen LogP contribution in [0.25, 0.3) is 10.2 Å². The van der Waals surface area contributed by atoms with Crippen molar-refractivity contribution in [1.29, 1.82) is 0 Å². The third-order valence-corrected chi connectivity index (χ3v) is 10.7. The van der Waals surface area contributed by atoms with Crippen LogP contribution in [-0.2, 0) is 14.8 Å². The van der Waals surface area contributed by atoms with Crippen molar-refractivity contribution in [2.24, 2.45) is 5.92 Å². The predicted molar refractivity (Wildman–Crippen MR) is 138 cm³/mol. The Morgan fingerprint density at radius 2 is 1.74 bits per heavy atom. The van der Waals surface area contributed by atoms with Gasteiger partial charge >= 0.3 is 0 Å². The number of fused-ring (bicyclic) bond motifs is 1. The van der Waals surface area contributed by atoms with E-state index in [1.165, 1.54) is 33.5 Å². The van der Waals surface area contributed by atoms with E-state index in [4.69, 9.17) is 0 Å². The number of piperazine rings is 1. The minimum absolute atomic E-state index is 0.0987. The number of thioether (sulfide) groups is 1. The Morgan fingerprint density at radius 3 is 2.43 bits per heavy atom. The minimum atomic E-state index is -3.58. The van der Waals surface area contributed by atoms with Gasteiger partial charge in [-0.15, -0.1) is 11.8 Å². The number of sulfonamides is 1. The van der Waals surface area contributed by atoms with Gasteiger partial charge in [0, 0.05) is 50.1 Å². The van der Waals surface area contributed by atoms with E-state index in [0.29, 0.717) is 62.5 Å². The van der Waals surface area contributed by atoms with Crippen molar-refractivity contribution in [1.82, 2.24) is 14.2 Å². The van der Waals surface area contributed by atoms with Gasteiger partial charge in [-0.05, 0) is 43.4 Å². The molecule has 1 aromatic heterocycles. The summed E-state index contributed by atoms with van der Waals surface area (Å²) < 4.78 is 42.7. The van der Waals surface area contributed by atoms with Gasteiger partial charge < -0.3 is 9.80 Å². The maximum Gasteiger partial charge on any atom is 0.244 e. The molecule has 7 nitrogen and oxygen atoms in total. The average molecular weight is 535 g/mol. The summed E-state index contributed by atoms with van der Waals surface area (Å²) in [6.07, 6.45) is 2.92. The number of piperidine rings is 1. The Balaban J connectivity index is 1.18. The molecule has 186 valence electrons. The molecule has 0 aliphatic carbocycles. The highest BCUT2D eigenvalue weighted by molar-refractivity contribution is 7.99. The molecular weight excluding hydrogens is 507 g/mol. The number of thiazole rings is 1. The lowest BCUT2D eigenvalue weighted by Gasteiger charge is -2.38. The van der Waals surface area contributed by atoms with Crippen molar-refractivity contribution in [3.63, 3.8) is 0 Å². The molecule has 0 atom stereocenters. The molecule has 2 aliphatic heterocycles. The number of para-hydroxylation sites is 1. The average Bonchev–Trinajstić information content (AvgIpc) is 3.34. The second-order valence-electron chi connectivity index (χ2n) is 8.72. The predicted octanol–water partition coefficient (Wildman–Crippen LogP) is 3.91. The molecule has 3 aromatic rings. The molecule has 0 radical (unpaired) electrons. The zero-order chi connectivity index (χ0) is 24.6. The Kier molecular flexibility index (Phi) is 7.02. The number of anilines is 1. The van der Waals surface area contributed by atoms with E-state index in [1.54, 1.807) is 18.2 Å². The normalized spacial score (nSPS) is 18.3. The smallest absolute Gasteiger partial charge is 0.244 e. The second-order valence-corrected chi connectivity index (χ2v) is 12.5. The number of amides is 1. The van der Waals surface area contributed by atoms with Crippen LogP contribution in [-0.4, -0.2) is 74.0 Å². The standard InChI is InChI=1S/C24H27FN4O3S3/c1-33-19-6-2-3-8-21(19)35(31,32)29-11-9-17(10-12-29)23(30)27-13-15-28(16-14-27)24-26-22-18(25)5-4-7-20(22)34-24/h2-8,17H,9-16H2,1H3. The van der Waals surface area contributed by atoms with Gasteiger partial charge in [0.1, 0.15) is 11.3 Å². The number of carbonyl (C=O) groups excluding carboxylic acids is 1. The first-order valence-electron chi connectivity index (χ1n) is 11.6. The molecule has 0 saturated carbocycles. The monoisotopic (exact) mass is 534 g/mol. The molecule has 2 aromatic carbocycles. The maximum absolute atomic E-state index is 14.0. The van der Waals surface area contributed by atoms with E-state index >= 15 is 0 Å². The number of hydrogen-bond acceptors (Lipinski definition) is 7. The molecule has 5 rings (SSSR count). The molecule has 3 heterocycles. The van der Waals surface area contributed by atoms with Crippen LogP contribution in [0.5, 0.6) is 0 Å². The number of nitrogens with zero attached hydrogens (tertiary/aromatic N) is 4. The fourth-order valence-corrected chi connectivity index (χ4v) is 8.35. The van der Waals surface area contributed by atoms with Crippen LogP contribution in [0.3, 0.4) is 0 Å². The zero-order valence-corrected chi connectivity index (χ0v) is 21.8. The lowest BCUT2D eigenvalue weighted by Crippen LogP contribution is -2.52. The number of carbonyl (C=O) groups is 1. The quantitative estimate of drug-likeness (QED) is 0.462. The first-order valence-corrected chi connectivity index (χ1v) is 15.1. The second kappa shape index (κ2) is 10.0.